The zero-order valence-electron chi connectivity index (χ0n) is 13.4. The molecule has 2 aliphatic heterocycles. The van der Waals surface area contributed by atoms with Crippen molar-refractivity contribution in [3.63, 3.8) is 0 Å². The molecule has 3 heterocycles. The first-order chi connectivity index (χ1) is 11.8. The third kappa shape index (κ3) is 2.80. The highest BCUT2D eigenvalue weighted by Crippen LogP contribution is 2.38. The van der Waals surface area contributed by atoms with Crippen LogP contribution in [-0.2, 0) is 14.9 Å². The van der Waals surface area contributed by atoms with Crippen molar-refractivity contribution in [1.82, 2.24) is 9.88 Å². The predicted octanol–water partition coefficient (Wildman–Crippen LogP) is 2.48. The molecule has 0 radical (unpaired) electrons. The Labute approximate surface area is 145 Å². The zero-order valence-corrected chi connectivity index (χ0v) is 14.2. The SMILES string of the molecule is O=C(N1CC(Oc2nccs2)C1)C1(c2ccccc2)CCOCC1. The summed E-state index contributed by atoms with van der Waals surface area (Å²) in [6.07, 6.45) is 3.26. The lowest BCUT2D eigenvalue weighted by Crippen LogP contribution is -2.61. The van der Waals surface area contributed by atoms with Crippen LogP contribution in [-0.4, -0.2) is 48.2 Å². The number of carbonyl (C=O) groups excluding carboxylic acids is 1. The molecule has 0 atom stereocenters. The van der Waals surface area contributed by atoms with E-state index in [0.717, 1.165) is 18.4 Å². The summed E-state index contributed by atoms with van der Waals surface area (Å²) in [4.78, 5) is 19.3. The number of ether oxygens (including phenoxy) is 2. The number of amides is 1. The summed E-state index contributed by atoms with van der Waals surface area (Å²) in [5, 5.41) is 2.57. The first-order valence-corrected chi connectivity index (χ1v) is 9.15. The summed E-state index contributed by atoms with van der Waals surface area (Å²) < 4.78 is 11.3. The normalized spacial score (nSPS) is 20.4. The van der Waals surface area contributed by atoms with Gasteiger partial charge in [0.1, 0.15) is 6.10 Å². The van der Waals surface area contributed by atoms with E-state index in [-0.39, 0.29) is 12.0 Å². The van der Waals surface area contributed by atoms with Gasteiger partial charge in [-0.1, -0.05) is 41.7 Å². The maximum Gasteiger partial charge on any atom is 0.273 e. The fraction of sp³-hybridized carbons (Fsp3) is 0.444. The third-order valence-corrected chi connectivity index (χ3v) is 5.56. The smallest absolute Gasteiger partial charge is 0.273 e. The zero-order chi connectivity index (χ0) is 16.4. The van der Waals surface area contributed by atoms with Crippen molar-refractivity contribution in [2.24, 2.45) is 0 Å². The Morgan fingerprint density at radius 3 is 2.67 bits per heavy atom. The molecule has 6 heteroatoms. The minimum atomic E-state index is -0.453. The molecule has 0 saturated carbocycles. The molecule has 1 amide bonds. The number of thiazole rings is 1. The summed E-state index contributed by atoms with van der Waals surface area (Å²) in [5.41, 5.74) is 0.647. The van der Waals surface area contributed by atoms with Crippen molar-refractivity contribution in [3.8, 4) is 5.19 Å². The average molecular weight is 344 g/mol. The molecule has 0 N–H and O–H groups in total. The topological polar surface area (TPSA) is 51.7 Å². The van der Waals surface area contributed by atoms with Crippen LogP contribution in [0.2, 0.25) is 0 Å². The monoisotopic (exact) mass is 344 g/mol. The quantitative estimate of drug-likeness (QED) is 0.855. The number of nitrogens with zero attached hydrogens (tertiary/aromatic N) is 2. The van der Waals surface area contributed by atoms with Crippen molar-refractivity contribution < 1.29 is 14.3 Å². The van der Waals surface area contributed by atoms with Crippen LogP contribution in [0, 0.1) is 0 Å². The molecule has 2 saturated heterocycles. The van der Waals surface area contributed by atoms with E-state index in [4.69, 9.17) is 9.47 Å². The molecule has 0 aliphatic carbocycles. The van der Waals surface area contributed by atoms with Gasteiger partial charge < -0.3 is 14.4 Å². The summed E-state index contributed by atoms with van der Waals surface area (Å²) in [6, 6.07) is 10.1. The molecule has 24 heavy (non-hydrogen) atoms. The molecule has 0 spiro atoms. The van der Waals surface area contributed by atoms with Crippen LogP contribution in [0.1, 0.15) is 18.4 Å². The molecular formula is C18H20N2O3S. The minimum Gasteiger partial charge on any atom is -0.463 e. The number of hydrogen-bond donors (Lipinski definition) is 0. The molecule has 0 unspecified atom stereocenters. The molecule has 2 fully saturated rings. The maximum absolute atomic E-state index is 13.3. The molecule has 126 valence electrons. The third-order valence-electron chi connectivity index (χ3n) is 4.89. The summed E-state index contributed by atoms with van der Waals surface area (Å²) in [7, 11) is 0. The second-order valence-electron chi connectivity index (χ2n) is 6.31. The van der Waals surface area contributed by atoms with Crippen molar-refractivity contribution in [3.05, 3.63) is 47.5 Å². The predicted molar refractivity (Wildman–Crippen MR) is 91.3 cm³/mol. The number of likely N-dealkylation sites (tertiary alicyclic amines) is 1. The molecule has 2 aromatic rings. The van der Waals surface area contributed by atoms with E-state index in [1.807, 2.05) is 28.5 Å². The number of aromatic nitrogens is 1. The Morgan fingerprint density at radius 1 is 1.25 bits per heavy atom. The molecular weight excluding hydrogens is 324 g/mol. The Balaban J connectivity index is 1.47. The maximum atomic E-state index is 13.3. The second kappa shape index (κ2) is 6.53. The van der Waals surface area contributed by atoms with Crippen LogP contribution in [0.5, 0.6) is 5.19 Å². The molecule has 4 rings (SSSR count). The highest BCUT2D eigenvalue weighted by molar-refractivity contribution is 7.11. The standard InChI is InChI=1S/C18H20N2O3S/c21-16(20-12-15(13-20)23-17-19-8-11-24-17)18(6-9-22-10-7-18)14-4-2-1-3-5-14/h1-5,8,11,15H,6-7,9-10,12-13H2. The van der Waals surface area contributed by atoms with E-state index in [0.29, 0.717) is 31.5 Å². The van der Waals surface area contributed by atoms with Gasteiger partial charge >= 0.3 is 0 Å². The fourth-order valence-corrected chi connectivity index (χ4v) is 4.05. The number of carbonyl (C=O) groups is 1. The van der Waals surface area contributed by atoms with Gasteiger partial charge in [-0.25, -0.2) is 4.98 Å². The van der Waals surface area contributed by atoms with E-state index in [9.17, 15) is 4.79 Å². The van der Waals surface area contributed by atoms with Crippen molar-refractivity contribution in [2.45, 2.75) is 24.4 Å². The van der Waals surface area contributed by atoms with Crippen molar-refractivity contribution >= 4 is 17.2 Å². The van der Waals surface area contributed by atoms with E-state index >= 15 is 0 Å². The van der Waals surface area contributed by atoms with Crippen LogP contribution in [0.25, 0.3) is 0 Å². The lowest BCUT2D eigenvalue weighted by atomic mass is 9.72. The van der Waals surface area contributed by atoms with E-state index in [1.54, 1.807) is 6.20 Å². The Bertz CT molecular complexity index is 678. The molecule has 2 aliphatic rings. The van der Waals surface area contributed by atoms with E-state index in [1.165, 1.54) is 11.3 Å². The first-order valence-electron chi connectivity index (χ1n) is 8.27. The van der Waals surface area contributed by atoms with E-state index in [2.05, 4.69) is 17.1 Å². The minimum absolute atomic E-state index is 0.0489. The fourth-order valence-electron chi connectivity index (χ4n) is 3.50. The van der Waals surface area contributed by atoms with Crippen LogP contribution in [0.15, 0.2) is 41.9 Å². The van der Waals surface area contributed by atoms with Crippen LogP contribution < -0.4 is 4.74 Å². The highest BCUT2D eigenvalue weighted by Gasteiger charge is 2.47. The van der Waals surface area contributed by atoms with Crippen LogP contribution in [0.4, 0.5) is 0 Å². The van der Waals surface area contributed by atoms with Gasteiger partial charge in [-0.15, -0.1) is 0 Å². The van der Waals surface area contributed by atoms with Gasteiger partial charge in [-0.05, 0) is 18.4 Å². The highest BCUT2D eigenvalue weighted by atomic mass is 32.1. The van der Waals surface area contributed by atoms with Crippen LogP contribution >= 0.6 is 11.3 Å². The molecule has 1 aromatic carbocycles. The van der Waals surface area contributed by atoms with Gasteiger partial charge in [0.2, 0.25) is 5.91 Å². The van der Waals surface area contributed by atoms with Gasteiger partial charge in [-0.3, -0.25) is 4.79 Å². The van der Waals surface area contributed by atoms with Crippen molar-refractivity contribution in [2.75, 3.05) is 26.3 Å². The lowest BCUT2D eigenvalue weighted by molar-refractivity contribution is -0.150. The van der Waals surface area contributed by atoms with Gasteiger partial charge in [0.15, 0.2) is 0 Å². The largest absolute Gasteiger partial charge is 0.463 e. The van der Waals surface area contributed by atoms with Gasteiger partial charge in [0.25, 0.3) is 5.19 Å². The lowest BCUT2D eigenvalue weighted by Gasteiger charge is -2.46. The summed E-state index contributed by atoms with van der Waals surface area (Å²) in [5.74, 6) is 0.205. The van der Waals surface area contributed by atoms with Gasteiger partial charge in [0.05, 0.1) is 18.5 Å². The summed E-state index contributed by atoms with van der Waals surface area (Å²) in [6.45, 7) is 2.53. The number of hydrogen-bond acceptors (Lipinski definition) is 5. The van der Waals surface area contributed by atoms with Crippen LogP contribution in [0.3, 0.4) is 0 Å². The average Bonchev–Trinajstić information content (AvgIpc) is 3.12. The second-order valence-corrected chi connectivity index (χ2v) is 7.17. The van der Waals surface area contributed by atoms with Gasteiger partial charge in [0, 0.05) is 24.8 Å². The number of rotatable bonds is 4. The molecule has 0 bridgehead atoms. The number of benzene rings is 1. The summed E-state index contributed by atoms with van der Waals surface area (Å²) >= 11 is 1.48. The Morgan fingerprint density at radius 2 is 2.00 bits per heavy atom. The molecule has 5 nitrogen and oxygen atoms in total. The van der Waals surface area contributed by atoms with Crippen molar-refractivity contribution in [1.29, 1.82) is 0 Å². The molecule has 1 aromatic heterocycles. The first kappa shape index (κ1) is 15.6. The van der Waals surface area contributed by atoms with E-state index < -0.39 is 5.41 Å². The Kier molecular flexibility index (Phi) is 4.24. The van der Waals surface area contributed by atoms with Gasteiger partial charge in [-0.2, -0.15) is 0 Å². The Hall–Kier alpha value is -1.92.